The number of alkyl halides is 3. The zero-order chi connectivity index (χ0) is 23.8. The molecule has 0 spiro atoms. The van der Waals surface area contributed by atoms with Gasteiger partial charge in [-0.25, -0.2) is 19.1 Å². The zero-order valence-corrected chi connectivity index (χ0v) is 20.0. The molecule has 1 aromatic heterocycles. The van der Waals surface area contributed by atoms with Crippen molar-refractivity contribution in [3.05, 3.63) is 11.4 Å². The van der Waals surface area contributed by atoms with Gasteiger partial charge >= 0.3 is 25.6 Å². The molecular weight excluding hydrogens is 506 g/mol. The average Bonchev–Trinajstić information content (AvgIpc) is 3.13. The fourth-order valence-corrected chi connectivity index (χ4v) is 4.03. The topological polar surface area (TPSA) is 157 Å². The van der Waals surface area contributed by atoms with E-state index in [9.17, 15) is 18.9 Å². The summed E-state index contributed by atoms with van der Waals surface area (Å²) in [7, 11) is -2.23. The molecule has 0 fully saturated rings. The Balaban J connectivity index is 3.55. The minimum absolute atomic E-state index is 0.120. The number of nitrogens with zero attached hydrogens (tertiary/aromatic N) is 3. The van der Waals surface area contributed by atoms with Crippen molar-refractivity contribution in [1.82, 2.24) is 20.3 Å². The SMILES string of the molecule is CCOP(=O)(OCC)C(NC(=O)OCC(Cl)(Cl)Cl)n1nnc(C(=O)OC)c1C(=O)OC. The van der Waals surface area contributed by atoms with Crippen molar-refractivity contribution in [2.75, 3.05) is 34.0 Å². The van der Waals surface area contributed by atoms with Gasteiger partial charge in [0.2, 0.25) is 15.4 Å². The number of alkyl carbamates (subject to hydrolysis) is 1. The van der Waals surface area contributed by atoms with E-state index in [0.717, 1.165) is 14.2 Å². The largest absolute Gasteiger partial charge is 0.464 e. The lowest BCUT2D eigenvalue weighted by Crippen LogP contribution is -2.37. The smallest absolute Gasteiger partial charge is 0.409 e. The van der Waals surface area contributed by atoms with Gasteiger partial charge in [-0.3, -0.25) is 9.88 Å². The molecule has 0 aliphatic carbocycles. The summed E-state index contributed by atoms with van der Waals surface area (Å²) >= 11 is 16.6. The van der Waals surface area contributed by atoms with E-state index in [1.807, 2.05) is 0 Å². The van der Waals surface area contributed by atoms with E-state index in [2.05, 4.69) is 25.1 Å². The van der Waals surface area contributed by atoms with Crippen molar-refractivity contribution in [3.8, 4) is 0 Å². The lowest BCUT2D eigenvalue weighted by Gasteiger charge is -2.27. The Hall–Kier alpha value is -1.63. The van der Waals surface area contributed by atoms with Crippen LogP contribution in [0.4, 0.5) is 4.79 Å². The standard InChI is InChI=1S/C14H20Cl3N4O9P/c1-5-29-31(25,30-6-2)12(18-13(24)28-7-14(15,16)17)21-9(11(23)27-4)8(19-20-21)10(22)26-3/h12H,5-7H2,1-4H3,(H,18,24). The molecule has 0 aromatic carbocycles. The second kappa shape index (κ2) is 11.8. The van der Waals surface area contributed by atoms with Crippen LogP contribution in [0.25, 0.3) is 0 Å². The lowest BCUT2D eigenvalue weighted by atomic mass is 10.3. The minimum atomic E-state index is -4.28. The summed E-state index contributed by atoms with van der Waals surface area (Å²) in [6.07, 6.45) is -1.23. The van der Waals surface area contributed by atoms with Crippen molar-refractivity contribution in [2.24, 2.45) is 0 Å². The lowest BCUT2D eigenvalue weighted by molar-refractivity contribution is 0.0541. The van der Waals surface area contributed by atoms with Gasteiger partial charge in [-0.1, -0.05) is 40.0 Å². The highest BCUT2D eigenvalue weighted by Gasteiger charge is 2.44. The Labute approximate surface area is 192 Å². The van der Waals surface area contributed by atoms with Crippen LogP contribution >= 0.6 is 42.4 Å². The molecule has 31 heavy (non-hydrogen) atoms. The molecule has 13 nitrogen and oxygen atoms in total. The van der Waals surface area contributed by atoms with Crippen molar-refractivity contribution in [2.45, 2.75) is 23.5 Å². The first-order valence-corrected chi connectivity index (χ1v) is 11.2. The zero-order valence-electron chi connectivity index (χ0n) is 16.8. The van der Waals surface area contributed by atoms with E-state index in [-0.39, 0.29) is 13.2 Å². The van der Waals surface area contributed by atoms with Crippen LogP contribution in [-0.2, 0) is 27.8 Å². The Morgan fingerprint density at radius 3 is 2.10 bits per heavy atom. The maximum absolute atomic E-state index is 13.4. The number of rotatable bonds is 10. The average molecular weight is 526 g/mol. The molecule has 176 valence electrons. The number of halogens is 3. The Morgan fingerprint density at radius 2 is 1.65 bits per heavy atom. The first-order chi connectivity index (χ1) is 14.4. The molecule has 1 aromatic rings. The fraction of sp³-hybridized carbons (Fsp3) is 0.643. The molecule has 0 saturated carbocycles. The molecule has 1 heterocycles. The summed E-state index contributed by atoms with van der Waals surface area (Å²) in [5.41, 5.74) is -1.17. The number of ether oxygens (including phenoxy) is 3. The second-order valence-electron chi connectivity index (χ2n) is 5.30. The van der Waals surface area contributed by atoms with Crippen LogP contribution in [0.3, 0.4) is 0 Å². The highest BCUT2D eigenvalue weighted by atomic mass is 35.6. The van der Waals surface area contributed by atoms with Crippen LogP contribution in [0.5, 0.6) is 0 Å². The molecule has 0 radical (unpaired) electrons. The second-order valence-corrected chi connectivity index (χ2v) is 9.90. The molecule has 0 aliphatic heterocycles. The molecule has 1 amide bonds. The molecule has 0 aliphatic rings. The van der Waals surface area contributed by atoms with Crippen LogP contribution < -0.4 is 5.32 Å². The van der Waals surface area contributed by atoms with E-state index >= 15 is 0 Å². The third-order valence-corrected chi connectivity index (χ3v) is 5.73. The summed E-state index contributed by atoms with van der Waals surface area (Å²) in [6.45, 7) is 2.10. The number of hydrogen-bond donors (Lipinski definition) is 1. The van der Waals surface area contributed by atoms with Gasteiger partial charge in [0.05, 0.1) is 27.4 Å². The number of carbonyl (C=O) groups excluding carboxylic acids is 3. The van der Waals surface area contributed by atoms with Crippen molar-refractivity contribution in [3.63, 3.8) is 0 Å². The molecule has 0 saturated heterocycles. The first kappa shape index (κ1) is 27.4. The van der Waals surface area contributed by atoms with Gasteiger partial charge in [-0.15, -0.1) is 5.10 Å². The summed E-state index contributed by atoms with van der Waals surface area (Å²) in [5.74, 6) is -3.98. The Bertz CT molecular complexity index is 835. The third kappa shape index (κ3) is 7.48. The molecule has 1 rings (SSSR count). The Kier molecular flexibility index (Phi) is 10.5. The minimum Gasteiger partial charge on any atom is -0.464 e. The number of aromatic nitrogens is 3. The Morgan fingerprint density at radius 1 is 1.10 bits per heavy atom. The van der Waals surface area contributed by atoms with E-state index in [0.29, 0.717) is 4.68 Å². The van der Waals surface area contributed by atoms with Gasteiger partial charge in [0.25, 0.3) is 0 Å². The molecular formula is C14H20Cl3N4O9P. The number of carbonyl (C=O) groups is 3. The normalized spacial score (nSPS) is 12.7. The molecule has 1 atom stereocenters. The predicted octanol–water partition coefficient (Wildman–Crippen LogP) is 2.67. The number of amides is 1. The predicted molar refractivity (Wildman–Crippen MR) is 107 cm³/mol. The number of nitrogens with one attached hydrogen (secondary N) is 1. The first-order valence-electron chi connectivity index (χ1n) is 8.44. The van der Waals surface area contributed by atoms with Gasteiger partial charge < -0.3 is 23.3 Å². The van der Waals surface area contributed by atoms with Crippen molar-refractivity contribution in [1.29, 1.82) is 0 Å². The van der Waals surface area contributed by atoms with Crippen LogP contribution in [0.2, 0.25) is 0 Å². The monoisotopic (exact) mass is 524 g/mol. The third-order valence-electron chi connectivity index (χ3n) is 3.22. The van der Waals surface area contributed by atoms with Gasteiger partial charge in [0.15, 0.2) is 5.69 Å². The maximum Gasteiger partial charge on any atom is 0.409 e. The van der Waals surface area contributed by atoms with Crippen molar-refractivity contribution >= 4 is 60.4 Å². The van der Waals surface area contributed by atoms with Gasteiger partial charge in [-0.2, -0.15) is 0 Å². The fourth-order valence-electron chi connectivity index (χ4n) is 2.09. The van der Waals surface area contributed by atoms with Crippen molar-refractivity contribution < 1.29 is 42.2 Å². The highest BCUT2D eigenvalue weighted by molar-refractivity contribution is 7.53. The van der Waals surface area contributed by atoms with Crippen LogP contribution in [0.15, 0.2) is 0 Å². The highest BCUT2D eigenvalue weighted by Crippen LogP contribution is 2.57. The molecule has 0 bridgehead atoms. The maximum atomic E-state index is 13.4. The summed E-state index contributed by atoms with van der Waals surface area (Å²) in [6, 6.07) is 0. The van der Waals surface area contributed by atoms with Gasteiger partial charge in [0.1, 0.15) is 6.61 Å². The number of esters is 2. The van der Waals surface area contributed by atoms with E-state index in [4.69, 9.17) is 48.6 Å². The van der Waals surface area contributed by atoms with Crippen LogP contribution in [0, 0.1) is 0 Å². The summed E-state index contributed by atoms with van der Waals surface area (Å²) < 4.78 is 36.5. The van der Waals surface area contributed by atoms with E-state index in [1.165, 1.54) is 13.8 Å². The van der Waals surface area contributed by atoms with E-state index < -0.39 is 53.3 Å². The van der Waals surface area contributed by atoms with Gasteiger partial charge in [-0.05, 0) is 13.8 Å². The molecule has 1 N–H and O–H groups in total. The molecule has 1 unspecified atom stereocenters. The van der Waals surface area contributed by atoms with Crippen LogP contribution in [-0.4, -0.2) is 70.9 Å². The van der Waals surface area contributed by atoms with Crippen LogP contribution in [0.1, 0.15) is 40.7 Å². The quantitative estimate of drug-likeness (QED) is 0.207. The summed E-state index contributed by atoms with van der Waals surface area (Å²) in [5, 5.41) is 9.34. The van der Waals surface area contributed by atoms with E-state index in [1.54, 1.807) is 0 Å². The van der Waals surface area contributed by atoms with Gasteiger partial charge in [0, 0.05) is 0 Å². The summed E-state index contributed by atoms with van der Waals surface area (Å²) in [4.78, 5) is 36.6. The number of methoxy groups -OCH3 is 2. The molecule has 17 heteroatoms. The number of hydrogen-bond acceptors (Lipinski definition) is 11.